The maximum absolute atomic E-state index is 13.7. The van der Waals surface area contributed by atoms with Crippen molar-refractivity contribution in [1.82, 2.24) is 9.38 Å². The first-order valence-electron chi connectivity index (χ1n) is 4.47. The van der Waals surface area contributed by atoms with E-state index in [2.05, 4.69) is 20.9 Å². The van der Waals surface area contributed by atoms with Gasteiger partial charge in [-0.25, -0.2) is 9.37 Å². The van der Waals surface area contributed by atoms with E-state index >= 15 is 0 Å². The van der Waals surface area contributed by atoms with Crippen molar-refractivity contribution in [2.75, 3.05) is 0 Å². The topological polar surface area (TPSA) is 17.3 Å². The monoisotopic (exact) mass is 264 g/mol. The molecule has 0 saturated carbocycles. The molecule has 0 unspecified atom stereocenters. The Hall–Kier alpha value is -1.42. The van der Waals surface area contributed by atoms with Gasteiger partial charge in [0.05, 0.1) is 6.20 Å². The number of aromatic nitrogens is 2. The van der Waals surface area contributed by atoms with Crippen molar-refractivity contribution in [3.05, 3.63) is 47.1 Å². The van der Waals surface area contributed by atoms with Crippen molar-refractivity contribution in [2.45, 2.75) is 0 Å². The van der Waals surface area contributed by atoms with Crippen molar-refractivity contribution < 1.29 is 4.39 Å². The average molecular weight is 265 g/mol. The van der Waals surface area contributed by atoms with Crippen LogP contribution in [0.2, 0.25) is 0 Å². The molecular weight excluding hydrogens is 259 g/mol. The summed E-state index contributed by atoms with van der Waals surface area (Å²) in [7, 11) is 0. The van der Waals surface area contributed by atoms with Crippen LogP contribution in [-0.2, 0) is 0 Å². The van der Waals surface area contributed by atoms with Gasteiger partial charge in [0.15, 0.2) is 0 Å². The van der Waals surface area contributed by atoms with Gasteiger partial charge in [-0.15, -0.1) is 0 Å². The van der Waals surface area contributed by atoms with Gasteiger partial charge in [-0.2, -0.15) is 0 Å². The summed E-state index contributed by atoms with van der Waals surface area (Å²) in [6, 6.07) is 7.32. The van der Waals surface area contributed by atoms with E-state index in [4.69, 9.17) is 0 Å². The predicted octanol–water partition coefficient (Wildman–Crippen LogP) is 3.39. The normalized spacial score (nSPS) is 11.3. The molecule has 2 aromatic heterocycles. The number of hydrogen-bond acceptors (Lipinski definition) is 1. The van der Waals surface area contributed by atoms with Crippen LogP contribution in [0.1, 0.15) is 0 Å². The molecule has 0 aliphatic carbocycles. The first kappa shape index (κ1) is 8.85. The number of rotatable bonds is 0. The Morgan fingerprint density at radius 3 is 2.73 bits per heavy atom. The first-order valence-corrected chi connectivity index (χ1v) is 5.26. The summed E-state index contributed by atoms with van der Waals surface area (Å²) in [5, 5.41) is 1.42. The molecule has 1 aromatic carbocycles. The number of benzene rings is 1. The SMILES string of the molecule is Fc1cn2c(Br)cnc2c2ccccc12. The van der Waals surface area contributed by atoms with Crippen LogP contribution >= 0.6 is 15.9 Å². The molecule has 0 aliphatic rings. The minimum absolute atomic E-state index is 0.239. The van der Waals surface area contributed by atoms with Crippen LogP contribution in [0.15, 0.2) is 41.3 Å². The third-order valence-corrected chi connectivity index (χ3v) is 3.01. The lowest BCUT2D eigenvalue weighted by Gasteiger charge is -2.02. The maximum Gasteiger partial charge on any atom is 0.147 e. The standard InChI is InChI=1S/C11H6BrFN2/c12-10-5-14-11-8-4-2-1-3-7(8)9(13)6-15(10)11/h1-6H. The Kier molecular flexibility index (Phi) is 1.79. The van der Waals surface area contributed by atoms with Gasteiger partial charge in [-0.1, -0.05) is 24.3 Å². The molecule has 0 atom stereocenters. The highest BCUT2D eigenvalue weighted by Crippen LogP contribution is 2.24. The summed E-state index contributed by atoms with van der Waals surface area (Å²) in [5.74, 6) is -0.239. The molecule has 0 spiro atoms. The van der Waals surface area contributed by atoms with Crippen LogP contribution in [0.5, 0.6) is 0 Å². The molecule has 15 heavy (non-hydrogen) atoms. The van der Waals surface area contributed by atoms with E-state index < -0.39 is 0 Å². The number of fused-ring (bicyclic) bond motifs is 3. The van der Waals surface area contributed by atoms with Crippen molar-refractivity contribution in [3.8, 4) is 0 Å². The summed E-state index contributed by atoms with van der Waals surface area (Å²) < 4.78 is 16.1. The van der Waals surface area contributed by atoms with Crippen LogP contribution in [-0.4, -0.2) is 9.38 Å². The molecule has 0 fully saturated rings. The van der Waals surface area contributed by atoms with Crippen LogP contribution in [0.25, 0.3) is 16.4 Å². The number of imidazole rings is 1. The van der Waals surface area contributed by atoms with E-state index in [9.17, 15) is 4.39 Å². The van der Waals surface area contributed by atoms with Gasteiger partial charge in [-0.05, 0) is 15.9 Å². The van der Waals surface area contributed by atoms with E-state index in [0.717, 1.165) is 15.6 Å². The van der Waals surface area contributed by atoms with Gasteiger partial charge >= 0.3 is 0 Å². The minimum Gasteiger partial charge on any atom is -0.291 e. The number of nitrogens with zero attached hydrogens (tertiary/aromatic N) is 2. The largest absolute Gasteiger partial charge is 0.291 e. The molecule has 0 radical (unpaired) electrons. The van der Waals surface area contributed by atoms with E-state index in [1.165, 1.54) is 6.20 Å². The van der Waals surface area contributed by atoms with Crippen molar-refractivity contribution in [1.29, 1.82) is 0 Å². The van der Waals surface area contributed by atoms with E-state index in [1.807, 2.05) is 18.2 Å². The first-order chi connectivity index (χ1) is 7.27. The molecule has 3 rings (SSSR count). The number of pyridine rings is 1. The third-order valence-electron chi connectivity index (χ3n) is 2.42. The van der Waals surface area contributed by atoms with Gasteiger partial charge in [0.25, 0.3) is 0 Å². The fourth-order valence-electron chi connectivity index (χ4n) is 1.73. The summed E-state index contributed by atoms with van der Waals surface area (Å²) >= 11 is 3.32. The Labute approximate surface area is 93.5 Å². The fourth-order valence-corrected chi connectivity index (χ4v) is 2.10. The Balaban J connectivity index is 2.65. The molecule has 74 valence electrons. The van der Waals surface area contributed by atoms with Gasteiger partial charge in [-0.3, -0.25) is 4.40 Å². The van der Waals surface area contributed by atoms with Gasteiger partial charge < -0.3 is 0 Å². The van der Waals surface area contributed by atoms with E-state index in [0.29, 0.717) is 5.39 Å². The zero-order valence-corrected chi connectivity index (χ0v) is 9.20. The molecule has 0 amide bonds. The van der Waals surface area contributed by atoms with E-state index in [1.54, 1.807) is 16.7 Å². The van der Waals surface area contributed by atoms with Crippen LogP contribution in [0, 0.1) is 5.82 Å². The lowest BCUT2D eigenvalue weighted by Crippen LogP contribution is -1.90. The number of halogens is 2. The zero-order chi connectivity index (χ0) is 10.4. The van der Waals surface area contributed by atoms with Crippen molar-refractivity contribution >= 4 is 32.3 Å². The highest BCUT2D eigenvalue weighted by molar-refractivity contribution is 9.10. The molecule has 0 N–H and O–H groups in total. The second-order valence-electron chi connectivity index (χ2n) is 3.30. The van der Waals surface area contributed by atoms with Crippen LogP contribution in [0.3, 0.4) is 0 Å². The summed E-state index contributed by atoms with van der Waals surface area (Å²) in [4.78, 5) is 4.24. The molecular formula is C11H6BrFN2. The van der Waals surface area contributed by atoms with Crippen LogP contribution < -0.4 is 0 Å². The average Bonchev–Trinajstić information content (AvgIpc) is 2.62. The molecule has 0 saturated heterocycles. The highest BCUT2D eigenvalue weighted by atomic mass is 79.9. The van der Waals surface area contributed by atoms with Gasteiger partial charge in [0, 0.05) is 17.0 Å². The quantitative estimate of drug-likeness (QED) is 0.609. The zero-order valence-electron chi connectivity index (χ0n) is 7.61. The number of hydrogen-bond donors (Lipinski definition) is 0. The fraction of sp³-hybridized carbons (Fsp3) is 0. The lowest BCUT2D eigenvalue weighted by atomic mass is 10.1. The molecule has 3 aromatic rings. The third kappa shape index (κ3) is 1.18. The highest BCUT2D eigenvalue weighted by Gasteiger charge is 2.08. The van der Waals surface area contributed by atoms with E-state index in [-0.39, 0.29) is 5.82 Å². The lowest BCUT2D eigenvalue weighted by molar-refractivity contribution is 0.631. The summed E-state index contributed by atoms with van der Waals surface area (Å²) in [5.41, 5.74) is 0.763. The maximum atomic E-state index is 13.7. The Morgan fingerprint density at radius 1 is 1.20 bits per heavy atom. The molecule has 2 heterocycles. The molecule has 0 bridgehead atoms. The second-order valence-corrected chi connectivity index (χ2v) is 4.11. The van der Waals surface area contributed by atoms with Crippen molar-refractivity contribution in [2.24, 2.45) is 0 Å². The molecule has 0 aliphatic heterocycles. The molecule has 2 nitrogen and oxygen atoms in total. The Bertz CT molecular complexity index is 660. The Morgan fingerprint density at radius 2 is 1.93 bits per heavy atom. The van der Waals surface area contributed by atoms with Gasteiger partial charge in [0.2, 0.25) is 0 Å². The van der Waals surface area contributed by atoms with Crippen molar-refractivity contribution in [3.63, 3.8) is 0 Å². The minimum atomic E-state index is -0.239. The predicted molar refractivity (Wildman–Crippen MR) is 60.4 cm³/mol. The summed E-state index contributed by atoms with van der Waals surface area (Å²) in [6.07, 6.45) is 3.11. The van der Waals surface area contributed by atoms with Gasteiger partial charge in [0.1, 0.15) is 16.1 Å². The molecule has 4 heteroatoms. The smallest absolute Gasteiger partial charge is 0.147 e. The van der Waals surface area contributed by atoms with Crippen LogP contribution in [0.4, 0.5) is 4.39 Å². The summed E-state index contributed by atoms with van der Waals surface area (Å²) in [6.45, 7) is 0. The second kappa shape index (κ2) is 3.03.